The Morgan fingerprint density at radius 1 is 1.19 bits per heavy atom. The maximum absolute atomic E-state index is 6.38. The molecule has 2 heterocycles. The summed E-state index contributed by atoms with van der Waals surface area (Å²) in [6.07, 6.45) is 1.48. The number of hydrogen-bond donors (Lipinski definition) is 1. The second-order valence-electron chi connectivity index (χ2n) is 7.82. The Kier molecular flexibility index (Phi) is 5.04. The van der Waals surface area contributed by atoms with Gasteiger partial charge in [-0.1, -0.05) is 6.92 Å². The number of rotatable bonds is 5. The van der Waals surface area contributed by atoms with Crippen LogP contribution in [-0.2, 0) is 9.47 Å². The van der Waals surface area contributed by atoms with Gasteiger partial charge in [-0.05, 0) is 54.6 Å². The fourth-order valence-corrected chi connectivity index (χ4v) is 4.38. The van der Waals surface area contributed by atoms with Crippen LogP contribution in [0.5, 0.6) is 0 Å². The second-order valence-corrected chi connectivity index (χ2v) is 7.82. The first kappa shape index (κ1) is 17.2. The van der Waals surface area contributed by atoms with Gasteiger partial charge in [0.2, 0.25) is 0 Å². The second kappa shape index (κ2) is 6.15. The van der Waals surface area contributed by atoms with Gasteiger partial charge < -0.3 is 19.7 Å². The minimum absolute atomic E-state index is 0.104. The van der Waals surface area contributed by atoms with E-state index in [0.29, 0.717) is 24.1 Å². The molecule has 124 valence electrons. The summed E-state index contributed by atoms with van der Waals surface area (Å²) in [6.45, 7) is 16.2. The molecular formula is C17H34N2O2. The first-order valence-electron chi connectivity index (χ1n) is 8.44. The highest BCUT2D eigenvalue weighted by Gasteiger charge is 2.53. The number of ether oxygens (including phenoxy) is 2. The van der Waals surface area contributed by atoms with Crippen molar-refractivity contribution >= 4 is 0 Å². The summed E-state index contributed by atoms with van der Waals surface area (Å²) in [6, 6.07) is 0.921. The molecule has 0 aliphatic carbocycles. The van der Waals surface area contributed by atoms with Crippen LogP contribution in [-0.4, -0.2) is 61.0 Å². The number of hydrogen-bond acceptors (Lipinski definition) is 4. The topological polar surface area (TPSA) is 33.7 Å². The molecule has 0 aromatic carbocycles. The van der Waals surface area contributed by atoms with Gasteiger partial charge in [0.1, 0.15) is 0 Å². The van der Waals surface area contributed by atoms with Gasteiger partial charge in [0.05, 0.1) is 17.3 Å². The standard InChI is InChI=1S/C17H34N2O2/c1-8-18-15-13(16(3,4)21-17(15,5)6)11-19(7)14-9-10-20-12(14)2/h12-15,18H,8-11H2,1-7H3. The van der Waals surface area contributed by atoms with Crippen molar-refractivity contribution < 1.29 is 9.47 Å². The van der Waals surface area contributed by atoms with E-state index in [1.807, 2.05) is 0 Å². The third-order valence-electron chi connectivity index (χ3n) is 5.38. The van der Waals surface area contributed by atoms with Crippen LogP contribution in [0.4, 0.5) is 0 Å². The summed E-state index contributed by atoms with van der Waals surface area (Å²) in [5.41, 5.74) is -0.226. The summed E-state index contributed by atoms with van der Waals surface area (Å²) in [5, 5.41) is 3.66. The van der Waals surface area contributed by atoms with Gasteiger partial charge in [0.25, 0.3) is 0 Å². The highest BCUT2D eigenvalue weighted by molar-refractivity contribution is 5.06. The zero-order chi connectivity index (χ0) is 15.8. The Balaban J connectivity index is 2.11. The summed E-state index contributed by atoms with van der Waals surface area (Å²) < 4.78 is 12.1. The van der Waals surface area contributed by atoms with E-state index in [2.05, 4.69) is 58.8 Å². The van der Waals surface area contributed by atoms with Crippen molar-refractivity contribution in [3.63, 3.8) is 0 Å². The van der Waals surface area contributed by atoms with Crippen LogP contribution in [0.2, 0.25) is 0 Å². The molecule has 2 saturated heterocycles. The van der Waals surface area contributed by atoms with E-state index in [9.17, 15) is 0 Å². The molecule has 0 amide bonds. The maximum atomic E-state index is 6.38. The predicted octanol–water partition coefficient (Wildman–Crippen LogP) is 2.28. The molecule has 2 fully saturated rings. The molecule has 0 aromatic heterocycles. The van der Waals surface area contributed by atoms with Crippen LogP contribution in [0.3, 0.4) is 0 Å². The van der Waals surface area contributed by atoms with Crippen molar-refractivity contribution in [1.29, 1.82) is 0 Å². The van der Waals surface area contributed by atoms with E-state index in [4.69, 9.17) is 9.47 Å². The van der Waals surface area contributed by atoms with Crippen molar-refractivity contribution in [2.24, 2.45) is 5.92 Å². The molecule has 4 atom stereocenters. The molecule has 0 radical (unpaired) electrons. The maximum Gasteiger partial charge on any atom is 0.0790 e. The van der Waals surface area contributed by atoms with Gasteiger partial charge in [-0.3, -0.25) is 0 Å². The molecule has 2 rings (SSSR count). The molecule has 1 N–H and O–H groups in total. The highest BCUT2D eigenvalue weighted by atomic mass is 16.5. The third kappa shape index (κ3) is 3.44. The normalized spacial score (nSPS) is 38.3. The summed E-state index contributed by atoms with van der Waals surface area (Å²) in [5.74, 6) is 0.477. The van der Waals surface area contributed by atoms with Gasteiger partial charge in [-0.25, -0.2) is 0 Å². The van der Waals surface area contributed by atoms with Gasteiger partial charge in [0.15, 0.2) is 0 Å². The largest absolute Gasteiger partial charge is 0.377 e. The van der Waals surface area contributed by atoms with Crippen molar-refractivity contribution in [2.45, 2.75) is 77.4 Å². The van der Waals surface area contributed by atoms with E-state index in [1.54, 1.807) is 0 Å². The SMILES string of the molecule is CCNC1C(CN(C)C2CCOC2C)C(C)(C)OC1(C)C. The zero-order valence-corrected chi connectivity index (χ0v) is 14.9. The summed E-state index contributed by atoms with van der Waals surface area (Å²) in [4.78, 5) is 2.49. The lowest BCUT2D eigenvalue weighted by molar-refractivity contribution is -0.0801. The summed E-state index contributed by atoms with van der Waals surface area (Å²) in [7, 11) is 2.24. The minimum atomic E-state index is -0.122. The lowest BCUT2D eigenvalue weighted by atomic mass is 9.81. The average Bonchev–Trinajstić information content (AvgIpc) is 2.83. The Labute approximate surface area is 130 Å². The Morgan fingerprint density at radius 2 is 1.86 bits per heavy atom. The molecule has 2 aliphatic heterocycles. The monoisotopic (exact) mass is 298 g/mol. The van der Waals surface area contributed by atoms with E-state index in [-0.39, 0.29) is 11.2 Å². The van der Waals surface area contributed by atoms with Crippen molar-refractivity contribution in [3.8, 4) is 0 Å². The molecular weight excluding hydrogens is 264 g/mol. The fourth-order valence-electron chi connectivity index (χ4n) is 4.38. The molecule has 0 bridgehead atoms. The van der Waals surface area contributed by atoms with Crippen LogP contribution in [0.15, 0.2) is 0 Å². The van der Waals surface area contributed by atoms with Crippen LogP contribution in [0.25, 0.3) is 0 Å². The van der Waals surface area contributed by atoms with Gasteiger partial charge in [-0.2, -0.15) is 0 Å². The summed E-state index contributed by atoms with van der Waals surface area (Å²) >= 11 is 0. The molecule has 4 unspecified atom stereocenters. The van der Waals surface area contributed by atoms with E-state index < -0.39 is 0 Å². The Bertz CT molecular complexity index is 357. The van der Waals surface area contributed by atoms with Gasteiger partial charge in [-0.15, -0.1) is 0 Å². The zero-order valence-electron chi connectivity index (χ0n) is 14.9. The number of likely N-dealkylation sites (N-methyl/N-ethyl adjacent to an activating group) is 2. The molecule has 0 spiro atoms. The molecule has 21 heavy (non-hydrogen) atoms. The van der Waals surface area contributed by atoms with E-state index >= 15 is 0 Å². The molecule has 4 heteroatoms. The molecule has 0 aromatic rings. The quantitative estimate of drug-likeness (QED) is 0.844. The van der Waals surface area contributed by atoms with Crippen molar-refractivity contribution in [1.82, 2.24) is 10.2 Å². The number of nitrogens with zero attached hydrogens (tertiary/aromatic N) is 1. The lowest BCUT2D eigenvalue weighted by Gasteiger charge is -2.36. The van der Waals surface area contributed by atoms with E-state index in [0.717, 1.165) is 26.1 Å². The Hall–Kier alpha value is -0.160. The molecule has 4 nitrogen and oxygen atoms in total. The van der Waals surface area contributed by atoms with Crippen LogP contribution < -0.4 is 5.32 Å². The minimum Gasteiger partial charge on any atom is -0.377 e. The molecule has 0 saturated carbocycles. The van der Waals surface area contributed by atoms with Gasteiger partial charge in [0, 0.05) is 31.2 Å². The van der Waals surface area contributed by atoms with Crippen molar-refractivity contribution in [2.75, 3.05) is 26.7 Å². The third-order valence-corrected chi connectivity index (χ3v) is 5.38. The van der Waals surface area contributed by atoms with Crippen LogP contribution >= 0.6 is 0 Å². The Morgan fingerprint density at radius 3 is 2.38 bits per heavy atom. The van der Waals surface area contributed by atoms with E-state index in [1.165, 1.54) is 0 Å². The smallest absolute Gasteiger partial charge is 0.0790 e. The predicted molar refractivity (Wildman–Crippen MR) is 86.6 cm³/mol. The average molecular weight is 298 g/mol. The first-order chi connectivity index (χ1) is 9.69. The highest BCUT2D eigenvalue weighted by Crippen LogP contribution is 2.43. The first-order valence-corrected chi connectivity index (χ1v) is 8.44. The molecule has 2 aliphatic rings. The lowest BCUT2D eigenvalue weighted by Crippen LogP contribution is -2.52. The number of nitrogens with one attached hydrogen (secondary N) is 1. The van der Waals surface area contributed by atoms with Gasteiger partial charge >= 0.3 is 0 Å². The van der Waals surface area contributed by atoms with Crippen molar-refractivity contribution in [3.05, 3.63) is 0 Å². The van der Waals surface area contributed by atoms with Crippen LogP contribution in [0, 0.1) is 5.92 Å². The van der Waals surface area contributed by atoms with Crippen LogP contribution in [0.1, 0.15) is 48.0 Å². The fraction of sp³-hybridized carbons (Fsp3) is 1.00.